The zero-order valence-corrected chi connectivity index (χ0v) is 14.3. The van der Waals surface area contributed by atoms with Crippen LogP contribution in [0.5, 0.6) is 0 Å². The second-order valence-corrected chi connectivity index (χ2v) is 8.33. The highest BCUT2D eigenvalue weighted by molar-refractivity contribution is 7.89. The lowest BCUT2D eigenvalue weighted by Crippen LogP contribution is -2.51. The molecule has 8 heteroatoms. The smallest absolute Gasteiger partial charge is 0.218 e. The average molecular weight is 340 g/mol. The summed E-state index contributed by atoms with van der Waals surface area (Å²) in [5.74, 6) is 0. The molecule has 128 valence electrons. The number of hydrogen-bond donors (Lipinski definition) is 0. The topological polar surface area (TPSA) is 75.6 Å². The number of sulfonamides is 1. The summed E-state index contributed by atoms with van der Waals surface area (Å²) < 4.78 is 32.6. The molecule has 0 radical (unpaired) electrons. The maximum atomic E-state index is 12.9. The Hall–Kier alpha value is -1.09. The van der Waals surface area contributed by atoms with Crippen LogP contribution in [0.2, 0.25) is 0 Å². The second-order valence-electron chi connectivity index (χ2n) is 6.12. The molecule has 0 saturated carbocycles. The van der Waals surface area contributed by atoms with Crippen molar-refractivity contribution < 1.29 is 13.2 Å². The third-order valence-corrected chi connectivity index (χ3v) is 7.03. The van der Waals surface area contributed by atoms with Gasteiger partial charge in [0.25, 0.3) is 0 Å². The summed E-state index contributed by atoms with van der Waals surface area (Å²) in [5.41, 5.74) is 0.886. The van der Waals surface area contributed by atoms with Gasteiger partial charge < -0.3 is 4.74 Å². The normalized spacial score (nSPS) is 26.0. The molecule has 0 N–H and O–H groups in total. The summed E-state index contributed by atoms with van der Waals surface area (Å²) in [6.07, 6.45) is 6.70. The van der Waals surface area contributed by atoms with Crippen LogP contribution in [0.25, 0.3) is 0 Å². The molecule has 1 aromatic rings. The van der Waals surface area contributed by atoms with Crippen LogP contribution in [0, 0.1) is 0 Å². The highest BCUT2D eigenvalue weighted by Gasteiger charge is 2.37. The number of piperidine rings is 1. The van der Waals surface area contributed by atoms with Crippen molar-refractivity contribution in [2.75, 3.05) is 39.4 Å². The minimum Gasteiger partial charge on any atom is -0.379 e. The Balaban J connectivity index is 1.70. The van der Waals surface area contributed by atoms with Gasteiger partial charge in [0.05, 0.1) is 30.2 Å². The van der Waals surface area contributed by atoms with Gasteiger partial charge in [0.15, 0.2) is 0 Å². The van der Waals surface area contributed by atoms with Crippen LogP contribution >= 0.6 is 0 Å². The van der Waals surface area contributed by atoms with Gasteiger partial charge >= 0.3 is 0 Å². The third-order valence-electron chi connectivity index (χ3n) is 4.72. The van der Waals surface area contributed by atoms with Crippen LogP contribution in [-0.4, -0.2) is 72.2 Å². The van der Waals surface area contributed by atoms with Crippen LogP contribution in [0.15, 0.2) is 18.6 Å². The molecule has 0 bridgehead atoms. The maximum Gasteiger partial charge on any atom is 0.218 e. The lowest BCUT2D eigenvalue weighted by molar-refractivity contribution is 0.0716. The molecule has 0 amide bonds. The average Bonchev–Trinajstić information content (AvgIpc) is 2.62. The maximum absolute atomic E-state index is 12.9. The lowest BCUT2D eigenvalue weighted by Gasteiger charge is -2.38. The monoisotopic (exact) mass is 340 g/mol. The Morgan fingerprint density at radius 1 is 1.26 bits per heavy atom. The SMILES string of the molecule is C[C@@H](c1cnccn1)N1CCC[C@H](S(=O)(=O)N2CCOCC2)C1. The molecule has 0 aromatic carbocycles. The van der Waals surface area contributed by atoms with Gasteiger partial charge in [-0.1, -0.05) is 0 Å². The molecule has 3 rings (SSSR count). The minimum atomic E-state index is -3.26. The number of ether oxygens (including phenoxy) is 1. The fourth-order valence-electron chi connectivity index (χ4n) is 3.29. The van der Waals surface area contributed by atoms with Crippen molar-refractivity contribution in [2.45, 2.75) is 31.1 Å². The van der Waals surface area contributed by atoms with Crippen molar-refractivity contribution in [3.05, 3.63) is 24.3 Å². The molecule has 3 heterocycles. The van der Waals surface area contributed by atoms with Gasteiger partial charge in [-0.25, -0.2) is 8.42 Å². The van der Waals surface area contributed by atoms with E-state index in [0.717, 1.165) is 25.1 Å². The van der Waals surface area contributed by atoms with E-state index in [0.29, 0.717) is 32.8 Å². The highest BCUT2D eigenvalue weighted by atomic mass is 32.2. The fraction of sp³-hybridized carbons (Fsp3) is 0.733. The van der Waals surface area contributed by atoms with Gasteiger partial charge in [-0.15, -0.1) is 0 Å². The summed E-state index contributed by atoms with van der Waals surface area (Å²) in [7, 11) is -3.26. The molecule has 0 unspecified atom stereocenters. The summed E-state index contributed by atoms with van der Waals surface area (Å²) in [6.45, 7) is 5.44. The second kappa shape index (κ2) is 7.21. The molecular formula is C15H24N4O3S. The van der Waals surface area contributed by atoms with E-state index >= 15 is 0 Å². The summed E-state index contributed by atoms with van der Waals surface area (Å²) >= 11 is 0. The Bertz CT molecular complexity index is 604. The largest absolute Gasteiger partial charge is 0.379 e. The Kier molecular flexibility index (Phi) is 5.25. The van der Waals surface area contributed by atoms with Crippen molar-refractivity contribution in [1.29, 1.82) is 0 Å². The number of morpholine rings is 1. The first-order chi connectivity index (χ1) is 11.1. The zero-order valence-electron chi connectivity index (χ0n) is 13.5. The molecule has 0 spiro atoms. The Morgan fingerprint density at radius 2 is 2.04 bits per heavy atom. The Labute approximate surface area is 137 Å². The van der Waals surface area contributed by atoms with E-state index in [-0.39, 0.29) is 11.3 Å². The van der Waals surface area contributed by atoms with E-state index in [9.17, 15) is 8.42 Å². The van der Waals surface area contributed by atoms with Crippen LogP contribution in [-0.2, 0) is 14.8 Å². The molecule has 2 atom stereocenters. The van der Waals surface area contributed by atoms with E-state index in [1.165, 1.54) is 0 Å². The molecule has 1 aromatic heterocycles. The molecule has 0 aliphatic carbocycles. The minimum absolute atomic E-state index is 0.0754. The van der Waals surface area contributed by atoms with Crippen LogP contribution < -0.4 is 0 Å². The predicted octanol–water partition coefficient (Wildman–Crippen LogP) is 0.664. The van der Waals surface area contributed by atoms with Crippen molar-refractivity contribution in [3.63, 3.8) is 0 Å². The highest BCUT2D eigenvalue weighted by Crippen LogP contribution is 2.27. The first-order valence-electron chi connectivity index (χ1n) is 8.15. The first kappa shape index (κ1) is 16.8. The molecule has 2 saturated heterocycles. The van der Waals surface area contributed by atoms with E-state index < -0.39 is 10.0 Å². The molecule has 2 aliphatic heterocycles. The van der Waals surface area contributed by atoms with E-state index in [1.54, 1.807) is 22.9 Å². The van der Waals surface area contributed by atoms with Crippen LogP contribution in [0.4, 0.5) is 0 Å². The van der Waals surface area contributed by atoms with Gasteiger partial charge in [-0.2, -0.15) is 4.31 Å². The molecule has 23 heavy (non-hydrogen) atoms. The van der Waals surface area contributed by atoms with E-state index in [4.69, 9.17) is 4.74 Å². The fourth-order valence-corrected chi connectivity index (χ4v) is 5.21. The van der Waals surface area contributed by atoms with Gasteiger partial charge in [-0.3, -0.25) is 14.9 Å². The van der Waals surface area contributed by atoms with Crippen molar-refractivity contribution >= 4 is 10.0 Å². The summed E-state index contributed by atoms with van der Waals surface area (Å²) in [4.78, 5) is 10.7. The summed E-state index contributed by atoms with van der Waals surface area (Å²) in [5, 5.41) is -0.339. The molecule has 2 fully saturated rings. The van der Waals surface area contributed by atoms with Gasteiger partial charge in [0.2, 0.25) is 10.0 Å². The van der Waals surface area contributed by atoms with Crippen molar-refractivity contribution in [1.82, 2.24) is 19.2 Å². The van der Waals surface area contributed by atoms with E-state index in [2.05, 4.69) is 21.8 Å². The molecule has 7 nitrogen and oxygen atoms in total. The van der Waals surface area contributed by atoms with Gasteiger partial charge in [-0.05, 0) is 26.3 Å². The van der Waals surface area contributed by atoms with Crippen LogP contribution in [0.1, 0.15) is 31.5 Å². The molecular weight excluding hydrogens is 316 g/mol. The number of nitrogens with zero attached hydrogens (tertiary/aromatic N) is 4. The third kappa shape index (κ3) is 3.71. The number of aromatic nitrogens is 2. The van der Waals surface area contributed by atoms with Gasteiger partial charge in [0, 0.05) is 38.2 Å². The number of rotatable bonds is 4. The van der Waals surface area contributed by atoms with Gasteiger partial charge in [0.1, 0.15) is 0 Å². The molecule has 2 aliphatic rings. The predicted molar refractivity (Wildman–Crippen MR) is 86.4 cm³/mol. The summed E-state index contributed by atoms with van der Waals surface area (Å²) in [6, 6.07) is 0.0754. The standard InChI is InChI=1S/C15H24N4O3S/c1-13(15-11-16-4-5-17-15)18-6-2-3-14(12-18)23(20,21)19-7-9-22-10-8-19/h4-5,11,13-14H,2-3,6-10,12H2,1H3/t13-,14-/m0/s1. The van der Waals surface area contributed by atoms with Crippen LogP contribution in [0.3, 0.4) is 0 Å². The number of likely N-dealkylation sites (tertiary alicyclic amines) is 1. The zero-order chi connectivity index (χ0) is 16.3. The first-order valence-corrected chi connectivity index (χ1v) is 9.66. The Morgan fingerprint density at radius 3 is 2.74 bits per heavy atom. The lowest BCUT2D eigenvalue weighted by atomic mass is 10.1. The van der Waals surface area contributed by atoms with E-state index in [1.807, 2.05) is 0 Å². The quantitative estimate of drug-likeness (QED) is 0.802. The van der Waals surface area contributed by atoms with Crippen molar-refractivity contribution in [3.8, 4) is 0 Å². The van der Waals surface area contributed by atoms with Crippen molar-refractivity contribution in [2.24, 2.45) is 0 Å². The number of hydrogen-bond acceptors (Lipinski definition) is 6.